The second-order valence-corrected chi connectivity index (χ2v) is 4.85. The third kappa shape index (κ3) is 3.75. The molecule has 0 amide bonds. The number of nitrogen functional groups attached to an aromatic ring is 1. The van der Waals surface area contributed by atoms with Crippen molar-refractivity contribution in [3.05, 3.63) is 42.5 Å². The molecular formula is C17H22N2O3. The van der Waals surface area contributed by atoms with Crippen molar-refractivity contribution in [2.75, 3.05) is 45.1 Å². The number of hydrogen-bond acceptors (Lipinski definition) is 5. The molecule has 0 heterocycles. The molecule has 0 aliphatic carbocycles. The van der Waals surface area contributed by atoms with Crippen LogP contribution >= 0.6 is 0 Å². The predicted molar refractivity (Wildman–Crippen MR) is 89.2 cm³/mol. The van der Waals surface area contributed by atoms with Gasteiger partial charge >= 0.3 is 0 Å². The van der Waals surface area contributed by atoms with Gasteiger partial charge in [-0.05, 0) is 36.4 Å². The van der Waals surface area contributed by atoms with E-state index in [1.807, 2.05) is 49.5 Å². The van der Waals surface area contributed by atoms with E-state index in [9.17, 15) is 0 Å². The number of benzene rings is 2. The molecule has 0 saturated carbocycles. The summed E-state index contributed by atoms with van der Waals surface area (Å²) in [4.78, 5) is 2.10. The molecule has 0 atom stereocenters. The zero-order chi connectivity index (χ0) is 15.9. The lowest BCUT2D eigenvalue weighted by atomic mass is 10.2. The minimum atomic E-state index is 0.512. The Hall–Kier alpha value is -2.56. The van der Waals surface area contributed by atoms with Crippen molar-refractivity contribution in [2.45, 2.75) is 0 Å². The Labute approximate surface area is 131 Å². The first-order valence-electron chi connectivity index (χ1n) is 7.06. The highest BCUT2D eigenvalue weighted by molar-refractivity contribution is 5.53. The minimum absolute atomic E-state index is 0.512. The zero-order valence-electron chi connectivity index (χ0n) is 13.2. The molecule has 0 saturated heterocycles. The molecule has 2 rings (SSSR count). The fraction of sp³-hybridized carbons (Fsp3) is 0.294. The first kappa shape index (κ1) is 15.8. The highest BCUT2D eigenvalue weighted by Gasteiger charge is 2.11. The van der Waals surface area contributed by atoms with Gasteiger partial charge in [0, 0.05) is 18.4 Å². The van der Waals surface area contributed by atoms with E-state index >= 15 is 0 Å². The maximum absolute atomic E-state index is 5.85. The van der Waals surface area contributed by atoms with Gasteiger partial charge in [0.25, 0.3) is 0 Å². The van der Waals surface area contributed by atoms with Gasteiger partial charge in [0.1, 0.15) is 6.61 Å². The summed E-state index contributed by atoms with van der Waals surface area (Å²) in [6, 6.07) is 13.3. The molecule has 0 radical (unpaired) electrons. The molecule has 0 unspecified atom stereocenters. The predicted octanol–water partition coefficient (Wildman–Crippen LogP) is 2.80. The van der Waals surface area contributed by atoms with Crippen LogP contribution in [0.5, 0.6) is 17.2 Å². The topological polar surface area (TPSA) is 57.0 Å². The van der Waals surface area contributed by atoms with Crippen LogP contribution in [0.2, 0.25) is 0 Å². The Morgan fingerprint density at radius 3 is 2.09 bits per heavy atom. The van der Waals surface area contributed by atoms with Gasteiger partial charge in [0.05, 0.1) is 20.8 Å². The van der Waals surface area contributed by atoms with Crippen molar-refractivity contribution >= 4 is 11.4 Å². The smallest absolute Gasteiger partial charge is 0.203 e. The van der Waals surface area contributed by atoms with Gasteiger partial charge in [-0.2, -0.15) is 0 Å². The van der Waals surface area contributed by atoms with Crippen molar-refractivity contribution in [2.24, 2.45) is 0 Å². The number of rotatable bonds is 7. The third-order valence-corrected chi connectivity index (χ3v) is 3.39. The normalized spacial score (nSPS) is 10.1. The fourth-order valence-corrected chi connectivity index (χ4v) is 2.10. The summed E-state index contributed by atoms with van der Waals surface area (Å²) in [7, 11) is 5.23. The van der Waals surface area contributed by atoms with Gasteiger partial charge in [-0.25, -0.2) is 0 Å². The molecule has 2 aromatic rings. The molecule has 0 bridgehead atoms. The zero-order valence-corrected chi connectivity index (χ0v) is 13.2. The molecule has 0 aliphatic heterocycles. The standard InChI is InChI=1S/C17H22N2O3/c1-19(14-9-7-13(18)8-10-14)11-12-22-17-15(20-2)5-4-6-16(17)21-3/h4-10H,11-12,18H2,1-3H3. The number of ether oxygens (including phenoxy) is 3. The van der Waals surface area contributed by atoms with E-state index in [4.69, 9.17) is 19.9 Å². The summed E-state index contributed by atoms with van der Waals surface area (Å²) >= 11 is 0. The number of nitrogens with zero attached hydrogens (tertiary/aromatic N) is 1. The van der Waals surface area contributed by atoms with Crippen LogP contribution in [0, 0.1) is 0 Å². The lowest BCUT2D eigenvalue weighted by Crippen LogP contribution is -2.23. The Morgan fingerprint density at radius 2 is 1.55 bits per heavy atom. The van der Waals surface area contributed by atoms with E-state index in [1.165, 1.54) is 0 Å². The Bertz CT molecular complexity index is 577. The molecule has 118 valence electrons. The Kier molecular flexibility index (Phi) is 5.36. The Morgan fingerprint density at radius 1 is 0.955 bits per heavy atom. The van der Waals surface area contributed by atoms with Crippen molar-refractivity contribution in [1.82, 2.24) is 0 Å². The molecule has 22 heavy (non-hydrogen) atoms. The summed E-state index contributed by atoms with van der Waals surface area (Å²) in [5.74, 6) is 1.95. The molecule has 5 nitrogen and oxygen atoms in total. The van der Waals surface area contributed by atoms with Crippen LogP contribution in [0.1, 0.15) is 0 Å². The molecule has 0 aromatic heterocycles. The molecule has 0 aliphatic rings. The lowest BCUT2D eigenvalue weighted by molar-refractivity contribution is 0.280. The van der Waals surface area contributed by atoms with Crippen molar-refractivity contribution in [3.8, 4) is 17.2 Å². The molecule has 2 aromatic carbocycles. The number of para-hydroxylation sites is 1. The number of methoxy groups -OCH3 is 2. The second kappa shape index (κ2) is 7.45. The van der Waals surface area contributed by atoms with E-state index < -0.39 is 0 Å². The highest BCUT2D eigenvalue weighted by Crippen LogP contribution is 2.36. The maximum Gasteiger partial charge on any atom is 0.203 e. The third-order valence-electron chi connectivity index (χ3n) is 3.39. The van der Waals surface area contributed by atoms with E-state index in [0.29, 0.717) is 23.9 Å². The number of likely N-dealkylation sites (N-methyl/N-ethyl adjacent to an activating group) is 1. The average Bonchev–Trinajstić information content (AvgIpc) is 2.55. The number of anilines is 2. The quantitative estimate of drug-likeness (QED) is 0.797. The molecule has 0 fully saturated rings. The van der Waals surface area contributed by atoms with Gasteiger partial charge in [-0.3, -0.25) is 0 Å². The van der Waals surface area contributed by atoms with Gasteiger partial charge in [-0.15, -0.1) is 0 Å². The largest absolute Gasteiger partial charge is 0.493 e. The fourth-order valence-electron chi connectivity index (χ4n) is 2.10. The van der Waals surface area contributed by atoms with Gasteiger partial charge in [0.2, 0.25) is 5.75 Å². The SMILES string of the molecule is COc1cccc(OC)c1OCCN(C)c1ccc(N)cc1. The number of hydrogen-bond donors (Lipinski definition) is 1. The molecule has 2 N–H and O–H groups in total. The van der Waals surface area contributed by atoms with Crippen molar-refractivity contribution in [1.29, 1.82) is 0 Å². The summed E-state index contributed by atoms with van der Waals surface area (Å²) in [5.41, 5.74) is 7.54. The summed E-state index contributed by atoms with van der Waals surface area (Å²) in [5, 5.41) is 0. The summed E-state index contributed by atoms with van der Waals surface area (Å²) < 4.78 is 16.5. The van der Waals surface area contributed by atoms with E-state index in [1.54, 1.807) is 14.2 Å². The summed E-state index contributed by atoms with van der Waals surface area (Å²) in [6.07, 6.45) is 0. The first-order valence-corrected chi connectivity index (χ1v) is 7.06. The van der Waals surface area contributed by atoms with E-state index in [0.717, 1.165) is 17.9 Å². The van der Waals surface area contributed by atoms with Crippen LogP contribution in [0.4, 0.5) is 11.4 Å². The maximum atomic E-state index is 5.85. The van der Waals surface area contributed by atoms with Crippen molar-refractivity contribution in [3.63, 3.8) is 0 Å². The van der Waals surface area contributed by atoms with Crippen LogP contribution < -0.4 is 24.8 Å². The van der Waals surface area contributed by atoms with Crippen LogP contribution in [-0.4, -0.2) is 34.4 Å². The van der Waals surface area contributed by atoms with Crippen molar-refractivity contribution < 1.29 is 14.2 Å². The second-order valence-electron chi connectivity index (χ2n) is 4.85. The van der Waals surface area contributed by atoms with Crippen LogP contribution in [0.15, 0.2) is 42.5 Å². The van der Waals surface area contributed by atoms with E-state index in [2.05, 4.69) is 4.90 Å². The van der Waals surface area contributed by atoms with Gasteiger partial charge in [-0.1, -0.05) is 6.07 Å². The van der Waals surface area contributed by atoms with E-state index in [-0.39, 0.29) is 0 Å². The highest BCUT2D eigenvalue weighted by atomic mass is 16.5. The van der Waals surface area contributed by atoms with Gasteiger partial charge < -0.3 is 24.8 Å². The summed E-state index contributed by atoms with van der Waals surface area (Å²) in [6.45, 7) is 1.24. The number of nitrogens with two attached hydrogens (primary N) is 1. The first-order chi connectivity index (χ1) is 10.7. The average molecular weight is 302 g/mol. The van der Waals surface area contributed by atoms with Crippen LogP contribution in [-0.2, 0) is 0 Å². The van der Waals surface area contributed by atoms with Gasteiger partial charge in [0.15, 0.2) is 11.5 Å². The monoisotopic (exact) mass is 302 g/mol. The van der Waals surface area contributed by atoms with Crippen LogP contribution in [0.25, 0.3) is 0 Å². The molecule has 0 spiro atoms. The minimum Gasteiger partial charge on any atom is -0.493 e. The lowest BCUT2D eigenvalue weighted by Gasteiger charge is -2.20. The van der Waals surface area contributed by atoms with Crippen LogP contribution in [0.3, 0.4) is 0 Å². The molecule has 5 heteroatoms. The molecular weight excluding hydrogens is 280 g/mol. The Balaban J connectivity index is 1.97.